The lowest BCUT2D eigenvalue weighted by atomic mass is 10.1. The molecule has 0 bridgehead atoms. The smallest absolute Gasteiger partial charge is 0.417 e. The average Bonchev–Trinajstić information content (AvgIpc) is 3.10. The van der Waals surface area contributed by atoms with Crippen LogP contribution >= 0.6 is 11.6 Å². The van der Waals surface area contributed by atoms with Gasteiger partial charge in [-0.1, -0.05) is 22.9 Å². The summed E-state index contributed by atoms with van der Waals surface area (Å²) in [6.45, 7) is -0.315. The quantitative estimate of drug-likeness (QED) is 0.647. The Morgan fingerprint density at radius 2 is 1.96 bits per heavy atom. The van der Waals surface area contributed by atoms with Gasteiger partial charge < -0.3 is 4.74 Å². The van der Waals surface area contributed by atoms with Crippen LogP contribution in [-0.2, 0) is 12.8 Å². The summed E-state index contributed by atoms with van der Waals surface area (Å²) < 4.78 is 58.0. The van der Waals surface area contributed by atoms with Gasteiger partial charge in [0.15, 0.2) is 17.3 Å². The van der Waals surface area contributed by atoms with E-state index in [0.29, 0.717) is 5.56 Å². The van der Waals surface area contributed by atoms with E-state index in [1.807, 2.05) is 6.07 Å². The predicted octanol–water partition coefficient (Wildman–Crippen LogP) is 4.73. The molecule has 3 aromatic rings. The van der Waals surface area contributed by atoms with Crippen molar-refractivity contribution < 1.29 is 22.3 Å². The van der Waals surface area contributed by atoms with E-state index in [0.717, 1.165) is 18.2 Å². The Morgan fingerprint density at radius 3 is 2.67 bits per heavy atom. The molecule has 0 aliphatic carbocycles. The highest BCUT2D eigenvalue weighted by molar-refractivity contribution is 6.31. The first-order valence-electron chi connectivity index (χ1n) is 7.39. The van der Waals surface area contributed by atoms with Gasteiger partial charge in [0.2, 0.25) is 0 Å². The standard InChI is InChI=1S/C17H9ClF4N4O/c18-12-3-1-9(5-11(12)17(20,21)22)8-27-15-6-10(2-4-13(15)19)16-14(7-23)24-26-25-16/h1-6H,8H2,(H,24,25,26). The molecule has 0 saturated heterocycles. The molecular formula is C17H9ClF4N4O. The highest BCUT2D eigenvalue weighted by Gasteiger charge is 2.33. The molecule has 0 radical (unpaired) electrons. The molecule has 0 aliphatic heterocycles. The number of halogens is 5. The van der Waals surface area contributed by atoms with Gasteiger partial charge in [-0.3, -0.25) is 0 Å². The molecule has 27 heavy (non-hydrogen) atoms. The summed E-state index contributed by atoms with van der Waals surface area (Å²) in [4.78, 5) is 0. The minimum absolute atomic E-state index is 0.0834. The predicted molar refractivity (Wildman–Crippen MR) is 87.3 cm³/mol. The number of nitrogens with one attached hydrogen (secondary N) is 1. The SMILES string of the molecule is N#Cc1[nH]nnc1-c1ccc(F)c(OCc2ccc(Cl)c(C(F)(F)F)c2)c1. The van der Waals surface area contributed by atoms with Gasteiger partial charge >= 0.3 is 6.18 Å². The van der Waals surface area contributed by atoms with Gasteiger partial charge in [0.25, 0.3) is 0 Å². The number of hydrogen-bond acceptors (Lipinski definition) is 4. The Hall–Kier alpha value is -3.12. The fourth-order valence-electron chi connectivity index (χ4n) is 2.31. The summed E-state index contributed by atoms with van der Waals surface area (Å²) in [5.74, 6) is -0.923. The number of benzene rings is 2. The molecule has 1 aromatic heterocycles. The normalized spacial score (nSPS) is 11.3. The number of aromatic amines is 1. The Balaban J connectivity index is 1.85. The van der Waals surface area contributed by atoms with Gasteiger partial charge in [-0.15, -0.1) is 5.10 Å². The van der Waals surface area contributed by atoms with Crippen molar-refractivity contribution in [2.24, 2.45) is 0 Å². The van der Waals surface area contributed by atoms with Gasteiger partial charge in [-0.05, 0) is 35.9 Å². The van der Waals surface area contributed by atoms with Crippen LogP contribution in [0.25, 0.3) is 11.3 Å². The molecule has 0 spiro atoms. The van der Waals surface area contributed by atoms with Crippen molar-refractivity contribution in [2.45, 2.75) is 12.8 Å². The molecule has 0 aliphatic rings. The summed E-state index contributed by atoms with van der Waals surface area (Å²) >= 11 is 5.57. The molecule has 138 valence electrons. The third kappa shape index (κ3) is 4.01. The first-order chi connectivity index (χ1) is 12.8. The molecule has 0 fully saturated rings. The third-order valence-corrected chi connectivity index (χ3v) is 3.93. The second-order valence-corrected chi connectivity index (χ2v) is 5.80. The maximum atomic E-state index is 14.0. The van der Waals surface area contributed by atoms with Crippen molar-refractivity contribution in [1.29, 1.82) is 5.26 Å². The lowest BCUT2D eigenvalue weighted by Gasteiger charge is -2.12. The number of alkyl halides is 3. The molecular weight excluding hydrogens is 388 g/mol. The summed E-state index contributed by atoms with van der Waals surface area (Å²) in [6, 6.07) is 8.92. The average molecular weight is 397 g/mol. The maximum Gasteiger partial charge on any atom is 0.417 e. The second-order valence-electron chi connectivity index (χ2n) is 5.39. The number of rotatable bonds is 4. The minimum atomic E-state index is -4.61. The second kappa shape index (κ2) is 7.25. The zero-order valence-electron chi connectivity index (χ0n) is 13.3. The van der Waals surface area contributed by atoms with Gasteiger partial charge in [0, 0.05) is 5.56 Å². The summed E-state index contributed by atoms with van der Waals surface area (Å²) in [7, 11) is 0. The van der Waals surface area contributed by atoms with Crippen LogP contribution in [0.3, 0.4) is 0 Å². The Morgan fingerprint density at radius 1 is 1.19 bits per heavy atom. The Bertz CT molecular complexity index is 1030. The van der Waals surface area contributed by atoms with Crippen molar-refractivity contribution in [3.63, 3.8) is 0 Å². The summed E-state index contributed by atoms with van der Waals surface area (Å²) in [5, 5.41) is 18.2. The lowest BCUT2D eigenvalue weighted by molar-refractivity contribution is -0.137. The highest BCUT2D eigenvalue weighted by atomic mass is 35.5. The van der Waals surface area contributed by atoms with E-state index >= 15 is 0 Å². The van der Waals surface area contributed by atoms with Gasteiger partial charge in [-0.25, -0.2) is 9.49 Å². The molecule has 5 nitrogen and oxygen atoms in total. The fourth-order valence-corrected chi connectivity index (χ4v) is 2.53. The first-order valence-corrected chi connectivity index (χ1v) is 7.77. The van der Waals surface area contributed by atoms with Crippen LogP contribution < -0.4 is 4.74 Å². The lowest BCUT2D eigenvalue weighted by Crippen LogP contribution is -2.07. The van der Waals surface area contributed by atoms with E-state index < -0.39 is 22.6 Å². The Labute approximate surface area is 155 Å². The number of nitriles is 1. The number of hydrogen-bond donors (Lipinski definition) is 1. The molecule has 10 heteroatoms. The fraction of sp³-hybridized carbons (Fsp3) is 0.118. The number of ether oxygens (including phenoxy) is 1. The van der Waals surface area contributed by atoms with Crippen molar-refractivity contribution in [2.75, 3.05) is 0 Å². The van der Waals surface area contributed by atoms with E-state index in [-0.39, 0.29) is 29.3 Å². The van der Waals surface area contributed by atoms with Crippen LogP contribution in [0.1, 0.15) is 16.8 Å². The number of nitrogens with zero attached hydrogens (tertiary/aromatic N) is 3. The van der Waals surface area contributed by atoms with Crippen LogP contribution in [-0.4, -0.2) is 15.4 Å². The highest BCUT2D eigenvalue weighted by Crippen LogP contribution is 2.35. The third-order valence-electron chi connectivity index (χ3n) is 3.60. The summed E-state index contributed by atoms with van der Waals surface area (Å²) in [6.07, 6.45) is -4.61. The molecule has 0 amide bonds. The monoisotopic (exact) mass is 396 g/mol. The van der Waals surface area contributed by atoms with E-state index in [1.165, 1.54) is 18.2 Å². The number of aromatic nitrogens is 3. The Kier molecular flexibility index (Phi) is 5.01. The molecule has 0 unspecified atom stereocenters. The van der Waals surface area contributed by atoms with Crippen LogP contribution in [0.4, 0.5) is 17.6 Å². The molecule has 1 N–H and O–H groups in total. The van der Waals surface area contributed by atoms with Crippen molar-refractivity contribution in [3.05, 3.63) is 64.1 Å². The van der Waals surface area contributed by atoms with Gasteiger partial charge in [0.05, 0.1) is 10.6 Å². The molecule has 1 heterocycles. The maximum absolute atomic E-state index is 14.0. The minimum Gasteiger partial charge on any atom is -0.486 e. The van der Waals surface area contributed by atoms with Crippen LogP contribution in [0, 0.1) is 17.1 Å². The van der Waals surface area contributed by atoms with Crippen molar-refractivity contribution >= 4 is 11.6 Å². The van der Waals surface area contributed by atoms with Gasteiger partial charge in [-0.2, -0.15) is 18.4 Å². The molecule has 0 saturated carbocycles. The zero-order chi connectivity index (χ0) is 19.6. The summed E-state index contributed by atoms with van der Waals surface area (Å²) in [5.41, 5.74) is -0.187. The first kappa shape index (κ1) is 18.7. The largest absolute Gasteiger partial charge is 0.486 e. The molecule has 3 rings (SSSR count). The van der Waals surface area contributed by atoms with E-state index in [2.05, 4.69) is 15.4 Å². The van der Waals surface area contributed by atoms with Crippen molar-refractivity contribution in [3.8, 4) is 23.1 Å². The topological polar surface area (TPSA) is 74.6 Å². The van der Waals surface area contributed by atoms with Crippen LogP contribution in [0.15, 0.2) is 36.4 Å². The van der Waals surface area contributed by atoms with Crippen LogP contribution in [0.5, 0.6) is 5.75 Å². The van der Waals surface area contributed by atoms with Gasteiger partial charge in [0.1, 0.15) is 18.4 Å². The number of H-pyrrole nitrogens is 1. The molecule has 0 atom stereocenters. The van der Waals surface area contributed by atoms with Crippen molar-refractivity contribution in [1.82, 2.24) is 15.4 Å². The van der Waals surface area contributed by atoms with E-state index in [9.17, 15) is 17.6 Å². The van der Waals surface area contributed by atoms with Crippen LogP contribution in [0.2, 0.25) is 5.02 Å². The van der Waals surface area contributed by atoms with E-state index in [4.69, 9.17) is 21.6 Å². The zero-order valence-corrected chi connectivity index (χ0v) is 14.1. The molecule has 2 aromatic carbocycles. The van der Waals surface area contributed by atoms with E-state index in [1.54, 1.807) is 0 Å².